The molecule has 1 heterocycles. The third kappa shape index (κ3) is 3.68. The lowest BCUT2D eigenvalue weighted by Gasteiger charge is -2.17. The zero-order chi connectivity index (χ0) is 12.0. The zero-order valence-electron chi connectivity index (χ0n) is 10.4. The highest BCUT2D eigenvalue weighted by Crippen LogP contribution is 2.26. The zero-order valence-corrected chi connectivity index (χ0v) is 11.2. The molecule has 0 spiro atoms. The van der Waals surface area contributed by atoms with Gasteiger partial charge >= 0.3 is 0 Å². The molecule has 0 aromatic carbocycles. The molecule has 0 amide bonds. The minimum Gasteiger partial charge on any atom is -0.309 e. The topological polar surface area (TPSA) is 37.8 Å². The van der Waals surface area contributed by atoms with Crippen LogP contribution in [0, 0.1) is 6.92 Å². The van der Waals surface area contributed by atoms with Gasteiger partial charge in [0, 0.05) is 6.04 Å². The Bertz CT molecular complexity index is 333. The molecule has 1 N–H and O–H groups in total. The first-order valence-electron chi connectivity index (χ1n) is 5.87. The first-order valence-corrected chi connectivity index (χ1v) is 6.65. The van der Waals surface area contributed by atoms with Gasteiger partial charge in [0.25, 0.3) is 0 Å². The Morgan fingerprint density at radius 3 is 2.75 bits per heavy atom. The number of nitrogens with one attached hydrogen (secondary N) is 1. The highest BCUT2D eigenvalue weighted by atomic mass is 32.1. The third-order valence-corrected chi connectivity index (χ3v) is 3.58. The van der Waals surface area contributed by atoms with Crippen molar-refractivity contribution in [1.29, 1.82) is 0 Å². The molecule has 1 aromatic heterocycles. The summed E-state index contributed by atoms with van der Waals surface area (Å²) < 4.78 is 4.01. The number of hydrogen-bond acceptors (Lipinski definition) is 4. The van der Waals surface area contributed by atoms with Gasteiger partial charge in [-0.25, -0.2) is 0 Å². The molecule has 90 valence electrons. The van der Waals surface area contributed by atoms with Crippen molar-refractivity contribution in [2.75, 3.05) is 6.54 Å². The van der Waals surface area contributed by atoms with E-state index in [1.54, 1.807) is 0 Å². The van der Waals surface area contributed by atoms with Gasteiger partial charge in [-0.15, -0.1) is 5.10 Å². The fourth-order valence-electron chi connectivity index (χ4n) is 1.57. The molecule has 0 radical (unpaired) electrons. The van der Waals surface area contributed by atoms with Gasteiger partial charge in [-0.2, -0.15) is 0 Å². The standard InChI is InChI=1S/C12H21N3S/c1-5-7-13-11(8-9(3)6-2)12-10(4)14-15-16-12/h11,13H,3,5-8H2,1-2,4H3. The number of nitrogens with zero attached hydrogens (tertiary/aromatic N) is 2. The van der Waals surface area contributed by atoms with E-state index in [9.17, 15) is 0 Å². The Kier molecular flexibility index (Phi) is 5.63. The van der Waals surface area contributed by atoms with Crippen molar-refractivity contribution >= 4 is 11.5 Å². The van der Waals surface area contributed by atoms with E-state index in [0.717, 1.165) is 31.5 Å². The van der Waals surface area contributed by atoms with E-state index in [1.165, 1.54) is 22.0 Å². The summed E-state index contributed by atoms with van der Waals surface area (Å²) in [4.78, 5) is 1.25. The van der Waals surface area contributed by atoms with E-state index in [1.807, 2.05) is 6.92 Å². The van der Waals surface area contributed by atoms with Crippen LogP contribution in [-0.4, -0.2) is 16.1 Å². The SMILES string of the molecule is C=C(CC)CC(NCCC)c1snnc1C. The van der Waals surface area contributed by atoms with Crippen molar-refractivity contribution in [3.05, 3.63) is 22.7 Å². The van der Waals surface area contributed by atoms with Gasteiger partial charge in [0.1, 0.15) is 0 Å². The van der Waals surface area contributed by atoms with E-state index < -0.39 is 0 Å². The Labute approximate surface area is 102 Å². The fraction of sp³-hybridized carbons (Fsp3) is 0.667. The van der Waals surface area contributed by atoms with Crippen molar-refractivity contribution < 1.29 is 0 Å². The van der Waals surface area contributed by atoms with Crippen molar-refractivity contribution in [2.45, 2.75) is 46.1 Å². The third-order valence-electron chi connectivity index (χ3n) is 2.64. The summed E-state index contributed by atoms with van der Waals surface area (Å²) in [5, 5.41) is 7.63. The van der Waals surface area contributed by atoms with Crippen LogP contribution in [0.3, 0.4) is 0 Å². The maximum atomic E-state index is 4.08. The molecule has 0 saturated carbocycles. The van der Waals surface area contributed by atoms with Gasteiger partial charge in [-0.1, -0.05) is 30.5 Å². The molecule has 0 bridgehead atoms. The van der Waals surface area contributed by atoms with Crippen LogP contribution in [0.15, 0.2) is 12.2 Å². The monoisotopic (exact) mass is 239 g/mol. The Morgan fingerprint density at radius 2 is 2.25 bits per heavy atom. The van der Waals surface area contributed by atoms with E-state index in [4.69, 9.17) is 0 Å². The summed E-state index contributed by atoms with van der Waals surface area (Å²) in [7, 11) is 0. The highest BCUT2D eigenvalue weighted by molar-refractivity contribution is 7.05. The van der Waals surface area contributed by atoms with Crippen LogP contribution in [0.4, 0.5) is 0 Å². The molecule has 3 nitrogen and oxygen atoms in total. The molecular weight excluding hydrogens is 218 g/mol. The van der Waals surface area contributed by atoms with Gasteiger partial charge in [0.15, 0.2) is 0 Å². The number of rotatable bonds is 7. The quantitative estimate of drug-likeness (QED) is 0.742. The largest absolute Gasteiger partial charge is 0.309 e. The highest BCUT2D eigenvalue weighted by Gasteiger charge is 2.16. The molecule has 1 aromatic rings. The summed E-state index contributed by atoms with van der Waals surface area (Å²) in [6, 6.07) is 0.340. The molecule has 1 rings (SSSR count). The average molecular weight is 239 g/mol. The van der Waals surface area contributed by atoms with E-state index >= 15 is 0 Å². The Balaban J connectivity index is 2.71. The number of aromatic nitrogens is 2. The summed E-state index contributed by atoms with van der Waals surface area (Å²) in [5.41, 5.74) is 2.32. The van der Waals surface area contributed by atoms with Crippen LogP contribution in [0.5, 0.6) is 0 Å². The molecule has 16 heavy (non-hydrogen) atoms. The normalized spacial score (nSPS) is 12.7. The molecule has 1 unspecified atom stereocenters. The molecule has 0 fully saturated rings. The summed E-state index contributed by atoms with van der Waals surface area (Å²) in [5.74, 6) is 0. The average Bonchev–Trinajstić information content (AvgIpc) is 2.70. The number of hydrogen-bond donors (Lipinski definition) is 1. The van der Waals surface area contributed by atoms with Crippen LogP contribution >= 0.6 is 11.5 Å². The van der Waals surface area contributed by atoms with Crippen molar-refractivity contribution in [1.82, 2.24) is 14.9 Å². The van der Waals surface area contributed by atoms with E-state index in [-0.39, 0.29) is 0 Å². The molecule has 1 atom stereocenters. The van der Waals surface area contributed by atoms with Crippen molar-refractivity contribution in [2.24, 2.45) is 0 Å². The lowest BCUT2D eigenvalue weighted by molar-refractivity contribution is 0.528. The molecule has 0 saturated heterocycles. The Morgan fingerprint density at radius 1 is 1.50 bits per heavy atom. The summed E-state index contributed by atoms with van der Waals surface area (Å²) in [6.07, 6.45) is 3.16. The van der Waals surface area contributed by atoms with Crippen LogP contribution < -0.4 is 5.32 Å². The van der Waals surface area contributed by atoms with Crippen LogP contribution in [0.2, 0.25) is 0 Å². The maximum absolute atomic E-state index is 4.08. The summed E-state index contributed by atoms with van der Waals surface area (Å²) >= 11 is 1.50. The minimum atomic E-state index is 0.340. The predicted octanol–water partition coefficient (Wildman–Crippen LogP) is 3.24. The van der Waals surface area contributed by atoms with Gasteiger partial charge in [-0.05, 0) is 44.3 Å². The first kappa shape index (κ1) is 13.3. The lowest BCUT2D eigenvalue weighted by atomic mass is 10.0. The van der Waals surface area contributed by atoms with Crippen LogP contribution in [-0.2, 0) is 0 Å². The fourth-order valence-corrected chi connectivity index (χ4v) is 2.28. The maximum Gasteiger partial charge on any atom is 0.0772 e. The van der Waals surface area contributed by atoms with Crippen molar-refractivity contribution in [3.8, 4) is 0 Å². The van der Waals surface area contributed by atoms with Crippen molar-refractivity contribution in [3.63, 3.8) is 0 Å². The molecule has 0 aliphatic rings. The second-order valence-electron chi connectivity index (χ2n) is 4.04. The smallest absolute Gasteiger partial charge is 0.0772 e. The first-order chi connectivity index (χ1) is 7.69. The molecule has 4 heteroatoms. The second kappa shape index (κ2) is 6.76. The minimum absolute atomic E-state index is 0.340. The summed E-state index contributed by atoms with van der Waals surface area (Å²) in [6.45, 7) is 11.5. The lowest BCUT2D eigenvalue weighted by Crippen LogP contribution is -2.22. The van der Waals surface area contributed by atoms with Crippen LogP contribution in [0.1, 0.15) is 49.7 Å². The van der Waals surface area contributed by atoms with Gasteiger partial charge in [0.05, 0.1) is 10.6 Å². The molecular formula is C12H21N3S. The number of aryl methyl sites for hydroxylation is 1. The van der Waals surface area contributed by atoms with Gasteiger partial charge in [0.2, 0.25) is 0 Å². The van der Waals surface area contributed by atoms with E-state index in [2.05, 4.69) is 35.3 Å². The van der Waals surface area contributed by atoms with Gasteiger partial charge in [-0.3, -0.25) is 0 Å². The molecule has 0 aliphatic carbocycles. The Hall–Kier alpha value is -0.740. The second-order valence-corrected chi connectivity index (χ2v) is 4.82. The van der Waals surface area contributed by atoms with E-state index in [0.29, 0.717) is 6.04 Å². The van der Waals surface area contributed by atoms with Crippen LogP contribution in [0.25, 0.3) is 0 Å². The van der Waals surface area contributed by atoms with Gasteiger partial charge < -0.3 is 5.32 Å². The predicted molar refractivity (Wildman–Crippen MR) is 69.7 cm³/mol. The molecule has 0 aliphatic heterocycles.